The van der Waals surface area contributed by atoms with E-state index in [1.807, 2.05) is 13.8 Å². The van der Waals surface area contributed by atoms with E-state index in [1.54, 1.807) is 0 Å². The second-order valence-corrected chi connectivity index (χ2v) is 3.83. The highest BCUT2D eigenvalue weighted by molar-refractivity contribution is 7.80. The molecule has 0 aliphatic heterocycles. The SMILES string of the molecule is CCNC(=O)CCNC(=O)C(CC)C(N)=S. The predicted octanol–water partition coefficient (Wildman–Crippen LogP) is -0.0589. The summed E-state index contributed by atoms with van der Waals surface area (Å²) >= 11 is 4.77. The molecule has 2 amide bonds. The fourth-order valence-corrected chi connectivity index (χ4v) is 1.50. The maximum Gasteiger partial charge on any atom is 0.229 e. The Morgan fingerprint density at radius 1 is 1.31 bits per heavy atom. The van der Waals surface area contributed by atoms with Gasteiger partial charge >= 0.3 is 0 Å². The number of hydrogen-bond donors (Lipinski definition) is 3. The zero-order chi connectivity index (χ0) is 12.6. The Labute approximate surface area is 101 Å². The van der Waals surface area contributed by atoms with Crippen molar-refractivity contribution in [2.24, 2.45) is 11.7 Å². The fourth-order valence-electron chi connectivity index (χ4n) is 1.22. The summed E-state index contributed by atoms with van der Waals surface area (Å²) in [4.78, 5) is 22.8. The average molecular weight is 245 g/mol. The van der Waals surface area contributed by atoms with Crippen LogP contribution < -0.4 is 16.4 Å². The Balaban J connectivity index is 3.88. The van der Waals surface area contributed by atoms with Crippen molar-refractivity contribution in [3.05, 3.63) is 0 Å². The third kappa shape index (κ3) is 5.65. The summed E-state index contributed by atoms with van der Waals surface area (Å²) in [6.45, 7) is 4.59. The van der Waals surface area contributed by atoms with Gasteiger partial charge in [-0.05, 0) is 13.3 Å². The van der Waals surface area contributed by atoms with E-state index in [4.69, 9.17) is 18.0 Å². The van der Waals surface area contributed by atoms with E-state index in [0.29, 0.717) is 19.5 Å². The summed E-state index contributed by atoms with van der Waals surface area (Å²) < 4.78 is 0. The van der Waals surface area contributed by atoms with Crippen molar-refractivity contribution >= 4 is 29.0 Å². The van der Waals surface area contributed by atoms with Gasteiger partial charge in [0, 0.05) is 19.5 Å². The van der Waals surface area contributed by atoms with Gasteiger partial charge in [-0.15, -0.1) is 0 Å². The van der Waals surface area contributed by atoms with Crippen LogP contribution in [0.25, 0.3) is 0 Å². The Morgan fingerprint density at radius 2 is 1.94 bits per heavy atom. The Kier molecular flexibility index (Phi) is 7.45. The lowest BCUT2D eigenvalue weighted by atomic mass is 10.1. The average Bonchev–Trinajstić information content (AvgIpc) is 2.18. The van der Waals surface area contributed by atoms with E-state index < -0.39 is 5.92 Å². The van der Waals surface area contributed by atoms with Crippen molar-refractivity contribution in [1.29, 1.82) is 0 Å². The fraction of sp³-hybridized carbons (Fsp3) is 0.700. The third-order valence-corrected chi connectivity index (χ3v) is 2.38. The van der Waals surface area contributed by atoms with Gasteiger partial charge in [0.05, 0.1) is 10.9 Å². The Hall–Kier alpha value is -1.17. The maximum absolute atomic E-state index is 11.5. The molecular formula is C10H19N3O2S. The molecule has 0 radical (unpaired) electrons. The number of carbonyl (C=O) groups is 2. The number of amides is 2. The highest BCUT2D eigenvalue weighted by Crippen LogP contribution is 2.02. The molecule has 16 heavy (non-hydrogen) atoms. The number of thiocarbonyl (C=S) groups is 1. The maximum atomic E-state index is 11.5. The zero-order valence-corrected chi connectivity index (χ0v) is 10.5. The van der Waals surface area contributed by atoms with Crippen LogP contribution in [0.2, 0.25) is 0 Å². The number of carbonyl (C=O) groups excluding carboxylic acids is 2. The molecule has 6 heteroatoms. The van der Waals surface area contributed by atoms with Crippen LogP contribution >= 0.6 is 12.2 Å². The van der Waals surface area contributed by atoms with Gasteiger partial charge in [0.15, 0.2) is 0 Å². The summed E-state index contributed by atoms with van der Waals surface area (Å²) in [5.74, 6) is -0.727. The predicted molar refractivity (Wildman–Crippen MR) is 66.9 cm³/mol. The van der Waals surface area contributed by atoms with Gasteiger partial charge in [0.25, 0.3) is 0 Å². The molecule has 0 saturated heterocycles. The van der Waals surface area contributed by atoms with Crippen LogP contribution in [0.5, 0.6) is 0 Å². The quantitative estimate of drug-likeness (QED) is 0.549. The van der Waals surface area contributed by atoms with Crippen molar-refractivity contribution in [3.63, 3.8) is 0 Å². The molecule has 0 aliphatic carbocycles. The normalized spacial score (nSPS) is 11.6. The number of rotatable bonds is 7. The first kappa shape index (κ1) is 14.8. The van der Waals surface area contributed by atoms with E-state index in [2.05, 4.69) is 10.6 Å². The van der Waals surface area contributed by atoms with Gasteiger partial charge in [-0.2, -0.15) is 0 Å². The van der Waals surface area contributed by atoms with Crippen LogP contribution in [-0.4, -0.2) is 29.9 Å². The molecule has 4 N–H and O–H groups in total. The second kappa shape index (κ2) is 8.04. The molecule has 0 aromatic rings. The van der Waals surface area contributed by atoms with Crippen molar-refractivity contribution in [2.75, 3.05) is 13.1 Å². The number of nitrogens with one attached hydrogen (secondary N) is 2. The van der Waals surface area contributed by atoms with Crippen LogP contribution in [0.3, 0.4) is 0 Å². The molecule has 0 heterocycles. The molecule has 0 rings (SSSR count). The van der Waals surface area contributed by atoms with Gasteiger partial charge in [-0.1, -0.05) is 19.1 Å². The molecule has 0 bridgehead atoms. The van der Waals surface area contributed by atoms with E-state index in [1.165, 1.54) is 0 Å². The lowest BCUT2D eigenvalue weighted by molar-refractivity contribution is -0.123. The molecule has 0 aliphatic rings. The van der Waals surface area contributed by atoms with E-state index in [0.717, 1.165) is 0 Å². The Bertz CT molecular complexity index is 269. The van der Waals surface area contributed by atoms with Gasteiger partial charge in [-0.25, -0.2) is 0 Å². The molecule has 0 fully saturated rings. The molecular weight excluding hydrogens is 226 g/mol. The topological polar surface area (TPSA) is 84.2 Å². The van der Waals surface area contributed by atoms with Crippen LogP contribution in [0.15, 0.2) is 0 Å². The standard InChI is InChI=1S/C10H19N3O2S/c1-3-7(9(11)16)10(15)13-6-5-8(14)12-4-2/h7H,3-6H2,1-2H3,(H2,11,16)(H,12,14)(H,13,15). The first-order chi connectivity index (χ1) is 7.52. The minimum absolute atomic E-state index is 0.0776. The monoisotopic (exact) mass is 245 g/mol. The van der Waals surface area contributed by atoms with Gasteiger partial charge in [0.2, 0.25) is 11.8 Å². The summed E-state index contributed by atoms with van der Waals surface area (Å²) in [6, 6.07) is 0. The molecule has 1 atom stereocenters. The lowest BCUT2D eigenvalue weighted by Crippen LogP contribution is -2.39. The molecule has 0 aromatic heterocycles. The van der Waals surface area contributed by atoms with Crippen molar-refractivity contribution < 1.29 is 9.59 Å². The van der Waals surface area contributed by atoms with Gasteiger partial charge < -0.3 is 16.4 Å². The van der Waals surface area contributed by atoms with Crippen LogP contribution in [-0.2, 0) is 9.59 Å². The van der Waals surface area contributed by atoms with Crippen molar-refractivity contribution in [3.8, 4) is 0 Å². The van der Waals surface area contributed by atoms with Crippen LogP contribution in [0.4, 0.5) is 0 Å². The second-order valence-electron chi connectivity index (χ2n) is 3.36. The first-order valence-corrected chi connectivity index (χ1v) is 5.77. The molecule has 5 nitrogen and oxygen atoms in total. The van der Waals surface area contributed by atoms with Gasteiger partial charge in [-0.3, -0.25) is 9.59 Å². The Morgan fingerprint density at radius 3 is 2.38 bits per heavy atom. The summed E-state index contributed by atoms with van der Waals surface area (Å²) in [6.07, 6.45) is 0.843. The lowest BCUT2D eigenvalue weighted by Gasteiger charge is -2.13. The highest BCUT2D eigenvalue weighted by atomic mass is 32.1. The highest BCUT2D eigenvalue weighted by Gasteiger charge is 2.18. The van der Waals surface area contributed by atoms with Crippen LogP contribution in [0.1, 0.15) is 26.7 Å². The number of nitrogens with two attached hydrogens (primary N) is 1. The molecule has 0 saturated carbocycles. The number of hydrogen-bond acceptors (Lipinski definition) is 3. The summed E-state index contributed by atoms with van der Waals surface area (Å²) in [5, 5.41) is 5.28. The van der Waals surface area contributed by atoms with Crippen molar-refractivity contribution in [1.82, 2.24) is 10.6 Å². The summed E-state index contributed by atoms with van der Waals surface area (Å²) in [5.41, 5.74) is 5.42. The van der Waals surface area contributed by atoms with E-state index >= 15 is 0 Å². The van der Waals surface area contributed by atoms with Crippen LogP contribution in [0, 0.1) is 5.92 Å². The van der Waals surface area contributed by atoms with E-state index in [9.17, 15) is 9.59 Å². The smallest absolute Gasteiger partial charge is 0.229 e. The van der Waals surface area contributed by atoms with Crippen molar-refractivity contribution in [2.45, 2.75) is 26.7 Å². The summed E-state index contributed by atoms with van der Waals surface area (Å²) in [7, 11) is 0. The first-order valence-electron chi connectivity index (χ1n) is 5.36. The molecule has 92 valence electrons. The third-order valence-electron chi connectivity index (χ3n) is 2.09. The minimum atomic E-state index is -0.441. The minimum Gasteiger partial charge on any atom is -0.393 e. The molecule has 0 aromatic carbocycles. The zero-order valence-electron chi connectivity index (χ0n) is 9.71. The molecule has 0 spiro atoms. The largest absolute Gasteiger partial charge is 0.393 e. The van der Waals surface area contributed by atoms with Gasteiger partial charge in [0.1, 0.15) is 0 Å². The molecule has 1 unspecified atom stereocenters. The van der Waals surface area contributed by atoms with E-state index in [-0.39, 0.29) is 23.2 Å².